The van der Waals surface area contributed by atoms with Gasteiger partial charge < -0.3 is 15.4 Å². The van der Waals surface area contributed by atoms with Gasteiger partial charge in [-0.25, -0.2) is 4.98 Å². The third-order valence-corrected chi connectivity index (χ3v) is 4.31. The number of nitrogens with zero attached hydrogens (tertiary/aromatic N) is 2. The van der Waals surface area contributed by atoms with Crippen LogP contribution in [0.4, 0.5) is 23.1 Å². The number of H-pyrrole nitrogens is 1. The fraction of sp³-hybridized carbons (Fsp3) is 0.100. The molecule has 4 rings (SSSR count). The van der Waals surface area contributed by atoms with Crippen molar-refractivity contribution in [3.63, 3.8) is 0 Å². The molecule has 134 valence electrons. The molecule has 7 heteroatoms. The van der Waals surface area contributed by atoms with Crippen molar-refractivity contribution < 1.29 is 4.74 Å². The van der Waals surface area contributed by atoms with Crippen molar-refractivity contribution in [2.24, 2.45) is 0 Å². The van der Waals surface area contributed by atoms with Crippen LogP contribution in [0.2, 0.25) is 0 Å². The van der Waals surface area contributed by atoms with E-state index >= 15 is 0 Å². The molecule has 0 aliphatic carbocycles. The molecule has 6 nitrogen and oxygen atoms in total. The van der Waals surface area contributed by atoms with Crippen molar-refractivity contribution in [2.75, 3.05) is 17.7 Å². The van der Waals surface area contributed by atoms with Crippen LogP contribution in [0.3, 0.4) is 0 Å². The highest BCUT2D eigenvalue weighted by atomic mass is 16.5. The van der Waals surface area contributed by atoms with Gasteiger partial charge in [0, 0.05) is 22.8 Å². The second-order valence-corrected chi connectivity index (χ2v) is 6.50. The van der Waals surface area contributed by atoms with Crippen LogP contribution in [0.25, 0.3) is 10.8 Å². The van der Waals surface area contributed by atoms with Crippen molar-refractivity contribution in [2.45, 2.75) is 6.92 Å². The Labute approximate surface area is 158 Å². The van der Waals surface area contributed by atoms with Gasteiger partial charge in [-0.3, -0.25) is 5.10 Å². The lowest BCUT2D eigenvalue weighted by Gasteiger charge is -2.13. The average molecular weight is 357 g/mol. The number of hydrogen-bond donors (Lipinski definition) is 3. The molecule has 0 spiro atoms. The highest BCUT2D eigenvalue weighted by Gasteiger charge is 2.09. The molecule has 0 bridgehead atoms. The second-order valence-electron chi connectivity index (χ2n) is 6.50. The van der Waals surface area contributed by atoms with Gasteiger partial charge >= 0.3 is 0 Å². The summed E-state index contributed by atoms with van der Waals surface area (Å²) in [6, 6.07) is 18.1. The summed E-state index contributed by atoms with van der Waals surface area (Å²) in [6.45, 7) is 1.96. The Morgan fingerprint density at radius 1 is 0.963 bits per heavy atom. The van der Waals surface area contributed by atoms with E-state index in [2.05, 4.69) is 40.8 Å². The molecule has 27 heavy (non-hydrogen) atoms. The van der Waals surface area contributed by atoms with Gasteiger partial charge in [-0.05, 0) is 48.7 Å². The lowest BCUT2D eigenvalue weighted by Crippen LogP contribution is -2.03. The number of fused-ring (bicyclic) bond motifs is 1. The Morgan fingerprint density at radius 3 is 2.48 bits per heavy atom. The predicted octanol–water partition coefficient (Wildman–Crippen LogP) is 3.02. The van der Waals surface area contributed by atoms with E-state index in [1.807, 2.05) is 49.4 Å². The number of aromatic nitrogens is 3. The first-order chi connectivity index (χ1) is 13.1. The van der Waals surface area contributed by atoms with E-state index in [0.717, 1.165) is 39.5 Å². The van der Waals surface area contributed by atoms with Crippen LogP contribution in [-0.4, -0.2) is 30.1 Å². The molecule has 2 aromatic heterocycles. The topological polar surface area (TPSA) is 74.9 Å². The summed E-state index contributed by atoms with van der Waals surface area (Å²) in [4.78, 5) is 4.76. The van der Waals surface area contributed by atoms with Crippen LogP contribution in [0.15, 0.2) is 54.6 Å². The van der Waals surface area contributed by atoms with Crippen LogP contribution in [-0.2, 0) is 0 Å². The molecule has 0 amide bonds. The zero-order valence-electron chi connectivity index (χ0n) is 15.5. The van der Waals surface area contributed by atoms with Gasteiger partial charge in [-0.1, -0.05) is 17.6 Å². The molecule has 0 atom stereocenters. The molecule has 0 saturated carbocycles. The number of aromatic amines is 1. The minimum atomic E-state index is 0.705. The maximum atomic E-state index is 5.38. The summed E-state index contributed by atoms with van der Waals surface area (Å²) in [7, 11) is 3.74. The first-order valence-corrected chi connectivity index (χ1v) is 8.72. The molecular formula is C20H20BN5O. The van der Waals surface area contributed by atoms with E-state index < -0.39 is 0 Å². The quantitative estimate of drug-likeness (QED) is 0.479. The van der Waals surface area contributed by atoms with Gasteiger partial charge in [-0.2, -0.15) is 5.10 Å². The van der Waals surface area contributed by atoms with Gasteiger partial charge in [0.15, 0.2) is 5.82 Å². The molecule has 0 aliphatic rings. The van der Waals surface area contributed by atoms with Crippen LogP contribution in [0.5, 0.6) is 5.75 Å². The fourth-order valence-electron chi connectivity index (χ4n) is 2.91. The number of rotatable bonds is 5. The summed E-state index contributed by atoms with van der Waals surface area (Å²) in [5.74, 6) is 3.01. The van der Waals surface area contributed by atoms with E-state index in [9.17, 15) is 0 Å². The van der Waals surface area contributed by atoms with Crippen molar-refractivity contribution in [1.82, 2.24) is 15.2 Å². The summed E-state index contributed by atoms with van der Waals surface area (Å²) < 4.78 is 5.38. The average Bonchev–Trinajstić information content (AvgIpc) is 3.07. The van der Waals surface area contributed by atoms with Gasteiger partial charge in [0.05, 0.1) is 7.11 Å². The van der Waals surface area contributed by atoms with Gasteiger partial charge in [0.2, 0.25) is 0 Å². The maximum absolute atomic E-state index is 5.38. The number of nitrogens with one attached hydrogen (secondary N) is 3. The van der Waals surface area contributed by atoms with Gasteiger partial charge in [-0.15, -0.1) is 0 Å². The normalized spacial score (nSPS) is 10.7. The number of ether oxygens (including phenoxy) is 1. The minimum Gasteiger partial charge on any atom is -0.497 e. The van der Waals surface area contributed by atoms with Gasteiger partial charge in [0.1, 0.15) is 25.2 Å². The van der Waals surface area contributed by atoms with E-state index in [-0.39, 0.29) is 0 Å². The van der Waals surface area contributed by atoms with Crippen molar-refractivity contribution in [1.29, 1.82) is 0 Å². The van der Waals surface area contributed by atoms with E-state index in [0.29, 0.717) is 5.82 Å². The SMILES string of the molecule is Bc1ccc(Nc2nc(Nc3cc(C)[nH]n3)cc3cc(OC)ccc23)cc1. The fourth-order valence-corrected chi connectivity index (χ4v) is 2.91. The summed E-state index contributed by atoms with van der Waals surface area (Å²) >= 11 is 0. The smallest absolute Gasteiger partial charge is 0.153 e. The number of aryl methyl sites for hydroxylation is 1. The van der Waals surface area contributed by atoms with Crippen molar-refractivity contribution >= 4 is 47.2 Å². The van der Waals surface area contributed by atoms with E-state index in [4.69, 9.17) is 9.72 Å². The Bertz CT molecular complexity index is 1090. The number of benzene rings is 2. The monoisotopic (exact) mass is 357 g/mol. The largest absolute Gasteiger partial charge is 0.497 e. The Kier molecular flexibility index (Phi) is 4.42. The van der Waals surface area contributed by atoms with Crippen LogP contribution < -0.4 is 20.8 Å². The molecule has 3 N–H and O–H groups in total. The number of methoxy groups -OCH3 is 1. The standard InChI is InChI=1S/C20H20BN5O/c1-12-9-19(26-25-12)23-18-11-13-10-16(27-2)7-8-17(13)20(24-18)22-15-5-3-14(21)4-6-15/h3-11H,21H2,1-2H3,(H3,22,23,24,25,26). The zero-order chi connectivity index (χ0) is 18.8. The lowest BCUT2D eigenvalue weighted by molar-refractivity contribution is 0.415. The number of anilines is 4. The first-order valence-electron chi connectivity index (χ1n) is 8.72. The number of pyridine rings is 1. The third-order valence-electron chi connectivity index (χ3n) is 4.31. The molecule has 0 saturated heterocycles. The zero-order valence-corrected chi connectivity index (χ0v) is 15.5. The maximum Gasteiger partial charge on any atom is 0.153 e. The van der Waals surface area contributed by atoms with E-state index in [1.54, 1.807) is 7.11 Å². The summed E-state index contributed by atoms with van der Waals surface area (Å²) in [5, 5.41) is 15.9. The van der Waals surface area contributed by atoms with Crippen LogP contribution in [0, 0.1) is 6.92 Å². The van der Waals surface area contributed by atoms with Gasteiger partial charge in [0.25, 0.3) is 0 Å². The van der Waals surface area contributed by atoms with E-state index in [1.165, 1.54) is 5.46 Å². The Hall–Kier alpha value is -3.48. The summed E-state index contributed by atoms with van der Waals surface area (Å²) in [5.41, 5.74) is 3.18. The van der Waals surface area contributed by atoms with Crippen molar-refractivity contribution in [3.8, 4) is 5.75 Å². The third kappa shape index (κ3) is 3.72. The molecule has 4 aromatic rings. The highest BCUT2D eigenvalue weighted by molar-refractivity contribution is 6.32. The molecule has 0 unspecified atom stereocenters. The molecule has 0 radical (unpaired) electrons. The molecule has 0 aliphatic heterocycles. The molecule has 2 heterocycles. The molecular weight excluding hydrogens is 337 g/mol. The number of hydrogen-bond acceptors (Lipinski definition) is 5. The van der Waals surface area contributed by atoms with Crippen molar-refractivity contribution in [3.05, 3.63) is 60.3 Å². The molecule has 0 fully saturated rings. The lowest BCUT2D eigenvalue weighted by atomic mass is 9.96. The summed E-state index contributed by atoms with van der Waals surface area (Å²) in [6.07, 6.45) is 0. The second kappa shape index (κ2) is 7.03. The van der Waals surface area contributed by atoms with Crippen LogP contribution >= 0.6 is 0 Å². The molecule has 2 aromatic carbocycles. The van der Waals surface area contributed by atoms with Crippen LogP contribution in [0.1, 0.15) is 5.69 Å². The Morgan fingerprint density at radius 2 is 1.78 bits per heavy atom. The highest BCUT2D eigenvalue weighted by Crippen LogP contribution is 2.31. The Balaban J connectivity index is 1.77. The predicted molar refractivity (Wildman–Crippen MR) is 113 cm³/mol. The minimum absolute atomic E-state index is 0.705. The first kappa shape index (κ1) is 17.0.